The molecule has 0 saturated carbocycles. The number of rotatable bonds is 3. The van der Waals surface area contributed by atoms with Gasteiger partial charge in [-0.2, -0.15) is 5.26 Å². The highest BCUT2D eigenvalue weighted by Crippen LogP contribution is 2.42. The van der Waals surface area contributed by atoms with Crippen molar-refractivity contribution in [1.82, 2.24) is 0 Å². The van der Waals surface area contributed by atoms with Gasteiger partial charge >= 0.3 is 0 Å². The van der Waals surface area contributed by atoms with Crippen LogP contribution < -0.4 is 4.90 Å². The fourth-order valence-electron chi connectivity index (χ4n) is 2.82. The molecule has 0 bridgehead atoms. The maximum absolute atomic E-state index is 12.7. The quantitative estimate of drug-likeness (QED) is 0.793. The summed E-state index contributed by atoms with van der Waals surface area (Å²) in [6.45, 7) is 5.67. The van der Waals surface area contributed by atoms with Gasteiger partial charge in [0.1, 0.15) is 6.07 Å². The highest BCUT2D eigenvalue weighted by molar-refractivity contribution is 6.23. The number of hydrogen-bond donors (Lipinski definition) is 0. The van der Waals surface area contributed by atoms with Crippen molar-refractivity contribution in [3.05, 3.63) is 29.3 Å². The Hall–Kier alpha value is -2.15. The van der Waals surface area contributed by atoms with Gasteiger partial charge in [-0.15, -0.1) is 0 Å². The Balaban J connectivity index is 2.55. The van der Waals surface area contributed by atoms with E-state index in [1.54, 1.807) is 25.1 Å². The van der Waals surface area contributed by atoms with Crippen LogP contribution in [0.15, 0.2) is 18.2 Å². The van der Waals surface area contributed by atoms with E-state index in [-0.39, 0.29) is 18.2 Å². The van der Waals surface area contributed by atoms with Crippen molar-refractivity contribution < 1.29 is 9.59 Å². The van der Waals surface area contributed by atoms with E-state index in [1.807, 2.05) is 13.8 Å². The van der Waals surface area contributed by atoms with Gasteiger partial charge in [0.25, 0.3) is 0 Å². The summed E-state index contributed by atoms with van der Waals surface area (Å²) in [7, 11) is 0. The maximum Gasteiger partial charge on any atom is 0.240 e. The Kier molecular flexibility index (Phi) is 3.63. The van der Waals surface area contributed by atoms with E-state index < -0.39 is 5.41 Å². The van der Waals surface area contributed by atoms with E-state index in [1.165, 1.54) is 4.90 Å². The van der Waals surface area contributed by atoms with Crippen LogP contribution in [0.5, 0.6) is 0 Å². The molecule has 0 radical (unpaired) electrons. The number of benzene rings is 1. The first-order chi connectivity index (χ1) is 9.50. The maximum atomic E-state index is 12.7. The smallest absolute Gasteiger partial charge is 0.240 e. The number of hydrogen-bond acceptors (Lipinski definition) is 3. The van der Waals surface area contributed by atoms with Crippen molar-refractivity contribution in [3.8, 4) is 6.07 Å². The van der Waals surface area contributed by atoms with Gasteiger partial charge in [0.15, 0.2) is 0 Å². The Morgan fingerprint density at radius 3 is 2.45 bits per heavy atom. The number of carbonyl (C=O) groups excluding carboxylic acids is 2. The fourth-order valence-corrected chi connectivity index (χ4v) is 2.82. The predicted octanol–water partition coefficient (Wildman–Crippen LogP) is 2.94. The second kappa shape index (κ2) is 5.09. The van der Waals surface area contributed by atoms with E-state index >= 15 is 0 Å². The van der Waals surface area contributed by atoms with Gasteiger partial charge in [0, 0.05) is 6.42 Å². The summed E-state index contributed by atoms with van der Waals surface area (Å²) < 4.78 is 0. The highest BCUT2D eigenvalue weighted by Gasteiger charge is 2.50. The molecule has 0 N–H and O–H groups in total. The van der Waals surface area contributed by atoms with E-state index in [9.17, 15) is 14.9 Å². The predicted molar refractivity (Wildman–Crippen MR) is 76.0 cm³/mol. The van der Waals surface area contributed by atoms with Crippen molar-refractivity contribution in [2.75, 3.05) is 4.90 Å². The number of amides is 2. The number of imide groups is 1. The Morgan fingerprint density at radius 2 is 1.95 bits per heavy atom. The van der Waals surface area contributed by atoms with Gasteiger partial charge in [0.2, 0.25) is 11.8 Å². The molecule has 4 nitrogen and oxygen atoms in total. The molecule has 2 amide bonds. The van der Waals surface area contributed by atoms with Crippen molar-refractivity contribution >= 4 is 17.5 Å². The molecule has 4 heteroatoms. The molecule has 2 rings (SSSR count). The number of nitriles is 1. The largest absolute Gasteiger partial charge is 0.274 e. The molecular weight excluding hydrogens is 252 g/mol. The first-order valence-electron chi connectivity index (χ1n) is 6.88. The second-order valence-corrected chi connectivity index (χ2v) is 5.28. The van der Waals surface area contributed by atoms with Crippen molar-refractivity contribution in [3.63, 3.8) is 0 Å². The van der Waals surface area contributed by atoms with Gasteiger partial charge in [-0.25, -0.2) is 4.90 Å². The molecule has 1 aliphatic rings. The highest BCUT2D eigenvalue weighted by atomic mass is 16.2. The molecule has 0 aromatic heterocycles. The normalized spacial score (nSPS) is 17.4. The van der Waals surface area contributed by atoms with Gasteiger partial charge in [-0.1, -0.05) is 26.0 Å². The fraction of sp³-hybridized carbons (Fsp3) is 0.438. The molecular formula is C16H18N2O2. The van der Waals surface area contributed by atoms with Crippen molar-refractivity contribution in [1.29, 1.82) is 5.26 Å². The number of nitrogens with zero attached hydrogens (tertiary/aromatic N) is 2. The van der Waals surface area contributed by atoms with Crippen molar-refractivity contribution in [2.45, 2.75) is 40.0 Å². The average Bonchev–Trinajstić information content (AvgIpc) is 2.70. The van der Waals surface area contributed by atoms with Gasteiger partial charge in [-0.05, 0) is 31.4 Å². The molecule has 1 aliphatic heterocycles. The Labute approximate surface area is 119 Å². The van der Waals surface area contributed by atoms with Crippen LogP contribution in [0.2, 0.25) is 0 Å². The summed E-state index contributed by atoms with van der Waals surface area (Å²) in [6.07, 6.45) is 1.51. The Morgan fingerprint density at radius 1 is 1.30 bits per heavy atom. The minimum absolute atomic E-state index is 0.172. The molecule has 0 spiro atoms. The second-order valence-electron chi connectivity index (χ2n) is 5.28. The Bertz CT molecular complexity index is 609. The summed E-state index contributed by atoms with van der Waals surface area (Å²) in [5.74, 6) is -0.379. The zero-order valence-electron chi connectivity index (χ0n) is 12.1. The summed E-state index contributed by atoms with van der Waals surface area (Å²) in [5.41, 5.74) is 0.993. The molecule has 1 heterocycles. The van der Waals surface area contributed by atoms with Crippen molar-refractivity contribution in [2.24, 2.45) is 5.41 Å². The first-order valence-corrected chi connectivity index (χ1v) is 6.88. The zero-order chi connectivity index (χ0) is 14.9. The van der Waals surface area contributed by atoms with Gasteiger partial charge in [0.05, 0.1) is 16.7 Å². The number of aryl methyl sites for hydroxylation is 1. The lowest BCUT2D eigenvalue weighted by Crippen LogP contribution is -2.35. The van der Waals surface area contributed by atoms with Crippen LogP contribution in [0.3, 0.4) is 0 Å². The topological polar surface area (TPSA) is 61.2 Å². The van der Waals surface area contributed by atoms with Crippen LogP contribution >= 0.6 is 0 Å². The zero-order valence-corrected chi connectivity index (χ0v) is 12.1. The lowest BCUT2D eigenvalue weighted by atomic mass is 9.81. The molecule has 1 aromatic rings. The van der Waals surface area contributed by atoms with Crippen LogP contribution in [0, 0.1) is 23.7 Å². The van der Waals surface area contributed by atoms with E-state index in [4.69, 9.17) is 0 Å². The molecule has 0 atom stereocenters. The molecule has 0 unspecified atom stereocenters. The molecule has 1 fully saturated rings. The lowest BCUT2D eigenvalue weighted by Gasteiger charge is -2.24. The third-order valence-corrected chi connectivity index (χ3v) is 4.35. The lowest BCUT2D eigenvalue weighted by molar-refractivity contribution is -0.126. The van der Waals surface area contributed by atoms with Crippen LogP contribution in [-0.4, -0.2) is 11.8 Å². The van der Waals surface area contributed by atoms with E-state index in [0.717, 1.165) is 5.56 Å². The summed E-state index contributed by atoms with van der Waals surface area (Å²) in [6, 6.07) is 7.34. The molecule has 1 aromatic carbocycles. The molecule has 1 saturated heterocycles. The minimum Gasteiger partial charge on any atom is -0.274 e. The first kappa shape index (κ1) is 14.3. The molecule has 20 heavy (non-hydrogen) atoms. The SMILES string of the molecule is CCC1(CC)CC(=O)N(c2cccc(C)c2C#N)C1=O. The van der Waals surface area contributed by atoms with Gasteiger partial charge in [-0.3, -0.25) is 9.59 Å². The summed E-state index contributed by atoms with van der Waals surface area (Å²) >= 11 is 0. The third kappa shape index (κ3) is 1.90. The minimum atomic E-state index is -0.604. The van der Waals surface area contributed by atoms with Crippen LogP contribution in [0.4, 0.5) is 5.69 Å². The molecule has 0 aliphatic carbocycles. The van der Waals surface area contributed by atoms with E-state index in [0.29, 0.717) is 24.1 Å². The monoisotopic (exact) mass is 270 g/mol. The molecule has 104 valence electrons. The van der Waals surface area contributed by atoms with Crippen LogP contribution in [-0.2, 0) is 9.59 Å². The number of carbonyl (C=O) groups is 2. The third-order valence-electron chi connectivity index (χ3n) is 4.35. The van der Waals surface area contributed by atoms with Crippen LogP contribution in [0.1, 0.15) is 44.2 Å². The summed E-state index contributed by atoms with van der Waals surface area (Å²) in [5, 5.41) is 9.28. The number of anilines is 1. The summed E-state index contributed by atoms with van der Waals surface area (Å²) in [4.78, 5) is 26.2. The van der Waals surface area contributed by atoms with Gasteiger partial charge < -0.3 is 0 Å². The average molecular weight is 270 g/mol. The van der Waals surface area contributed by atoms with Crippen LogP contribution in [0.25, 0.3) is 0 Å². The standard InChI is InChI=1S/C16H18N2O2/c1-4-16(5-2)9-14(19)18(15(16)20)13-8-6-7-11(3)12(13)10-17/h6-8H,4-5,9H2,1-3H3. The van der Waals surface area contributed by atoms with E-state index in [2.05, 4.69) is 6.07 Å².